The monoisotopic (exact) mass is 428 g/mol. The molecular formula is C21H24N4O4S. The fourth-order valence-electron chi connectivity index (χ4n) is 4.22. The molecule has 2 N–H and O–H groups in total. The molecule has 1 atom stereocenters. The predicted molar refractivity (Wildman–Crippen MR) is 116 cm³/mol. The molecule has 9 heteroatoms. The fourth-order valence-corrected chi connectivity index (χ4v) is 4.75. The van der Waals surface area contributed by atoms with Crippen LogP contribution in [0.3, 0.4) is 0 Å². The third-order valence-electron chi connectivity index (χ3n) is 5.70. The van der Waals surface area contributed by atoms with Crippen molar-refractivity contribution < 1.29 is 9.53 Å². The van der Waals surface area contributed by atoms with E-state index in [1.54, 1.807) is 29.8 Å². The molecule has 0 spiro atoms. The third-order valence-corrected chi connectivity index (χ3v) is 6.39. The highest BCUT2D eigenvalue weighted by Crippen LogP contribution is 2.31. The summed E-state index contributed by atoms with van der Waals surface area (Å²) in [5, 5.41) is 5.28. The van der Waals surface area contributed by atoms with Crippen molar-refractivity contribution in [3.63, 3.8) is 0 Å². The Labute approximate surface area is 176 Å². The molecule has 1 fully saturated rings. The van der Waals surface area contributed by atoms with Crippen molar-refractivity contribution in [2.45, 2.75) is 44.6 Å². The zero-order valence-corrected chi connectivity index (χ0v) is 17.5. The maximum Gasteiger partial charge on any atom is 0.329 e. The average Bonchev–Trinajstić information content (AvgIpc) is 3.26. The number of anilines is 1. The quantitative estimate of drug-likeness (QED) is 0.627. The molecule has 0 aliphatic heterocycles. The average molecular weight is 429 g/mol. The molecule has 1 aromatic carbocycles. The van der Waals surface area contributed by atoms with Crippen LogP contribution in [0.2, 0.25) is 0 Å². The number of amides is 1. The van der Waals surface area contributed by atoms with Crippen LogP contribution in [0.25, 0.3) is 10.9 Å². The van der Waals surface area contributed by atoms with E-state index in [1.165, 1.54) is 24.9 Å². The molecule has 30 heavy (non-hydrogen) atoms. The summed E-state index contributed by atoms with van der Waals surface area (Å²) in [6.07, 6.45) is 7.41. The van der Waals surface area contributed by atoms with E-state index in [9.17, 15) is 14.4 Å². The summed E-state index contributed by atoms with van der Waals surface area (Å²) in [7, 11) is 1.48. The maximum absolute atomic E-state index is 13.3. The molecule has 1 amide bonds. The summed E-state index contributed by atoms with van der Waals surface area (Å²) in [6, 6.07) is 4.08. The molecule has 0 saturated heterocycles. The van der Waals surface area contributed by atoms with Crippen LogP contribution in [0.4, 0.5) is 5.13 Å². The van der Waals surface area contributed by atoms with Crippen molar-refractivity contribution in [2.24, 2.45) is 5.92 Å². The van der Waals surface area contributed by atoms with Crippen LogP contribution in [0.15, 0.2) is 39.4 Å². The summed E-state index contributed by atoms with van der Waals surface area (Å²) in [6.45, 7) is 0. The molecular weight excluding hydrogens is 404 g/mol. The molecule has 8 nitrogen and oxygen atoms in total. The van der Waals surface area contributed by atoms with Crippen LogP contribution in [0.5, 0.6) is 5.75 Å². The number of carbonyl (C=O) groups is 1. The number of benzene rings is 1. The summed E-state index contributed by atoms with van der Waals surface area (Å²) in [4.78, 5) is 46.3. The Balaban J connectivity index is 1.79. The highest BCUT2D eigenvalue weighted by Gasteiger charge is 2.29. The van der Waals surface area contributed by atoms with Crippen LogP contribution in [-0.4, -0.2) is 27.6 Å². The molecule has 1 saturated carbocycles. The van der Waals surface area contributed by atoms with Gasteiger partial charge in [0, 0.05) is 11.6 Å². The lowest BCUT2D eigenvalue weighted by Gasteiger charge is -2.26. The Morgan fingerprint density at radius 1 is 1.33 bits per heavy atom. The molecule has 2 heterocycles. The second-order valence-corrected chi connectivity index (χ2v) is 8.46. The third kappa shape index (κ3) is 4.02. The largest absolute Gasteiger partial charge is 0.495 e. The molecule has 3 aromatic rings. The number of thiazole rings is 1. The first-order valence-electron chi connectivity index (χ1n) is 10.1. The van der Waals surface area contributed by atoms with Gasteiger partial charge in [-0.2, -0.15) is 0 Å². The molecule has 2 aromatic heterocycles. The number of nitrogens with one attached hydrogen (secondary N) is 2. The first-order chi connectivity index (χ1) is 14.6. The van der Waals surface area contributed by atoms with Crippen LogP contribution < -0.4 is 21.3 Å². The second kappa shape index (κ2) is 8.83. The van der Waals surface area contributed by atoms with E-state index in [2.05, 4.69) is 15.3 Å². The van der Waals surface area contributed by atoms with Crippen molar-refractivity contribution >= 4 is 33.3 Å². The van der Waals surface area contributed by atoms with Crippen molar-refractivity contribution in [3.8, 4) is 5.75 Å². The van der Waals surface area contributed by atoms with E-state index >= 15 is 0 Å². The Morgan fingerprint density at radius 2 is 2.13 bits per heavy atom. The maximum atomic E-state index is 13.3. The number of ether oxygens (including phenoxy) is 1. The lowest BCUT2D eigenvalue weighted by Crippen LogP contribution is -2.43. The number of hydrogen-bond acceptors (Lipinski definition) is 6. The molecule has 0 bridgehead atoms. The van der Waals surface area contributed by atoms with Gasteiger partial charge >= 0.3 is 5.69 Å². The zero-order valence-electron chi connectivity index (χ0n) is 16.7. The fraction of sp³-hybridized carbons (Fsp3) is 0.429. The van der Waals surface area contributed by atoms with Gasteiger partial charge in [0.2, 0.25) is 5.91 Å². The van der Waals surface area contributed by atoms with Crippen LogP contribution in [-0.2, 0) is 4.79 Å². The van der Waals surface area contributed by atoms with E-state index in [0.29, 0.717) is 28.2 Å². The van der Waals surface area contributed by atoms with Crippen LogP contribution in [0.1, 0.15) is 44.6 Å². The van der Waals surface area contributed by atoms with E-state index in [0.717, 1.165) is 30.3 Å². The molecule has 1 aliphatic rings. The SMILES string of the molecule is COc1cccc2c(=O)n(C(CC3CCCCC3)C(=O)Nc3nccs3)c(=O)[nH]c12. The van der Waals surface area contributed by atoms with Gasteiger partial charge in [-0.3, -0.25) is 9.59 Å². The summed E-state index contributed by atoms with van der Waals surface area (Å²) >= 11 is 1.29. The van der Waals surface area contributed by atoms with Gasteiger partial charge in [-0.25, -0.2) is 14.3 Å². The number of aromatic amines is 1. The molecule has 1 unspecified atom stereocenters. The number of H-pyrrole nitrogens is 1. The Kier molecular flexibility index (Phi) is 5.98. The van der Waals surface area contributed by atoms with Crippen molar-refractivity contribution in [1.29, 1.82) is 0 Å². The Bertz CT molecular complexity index is 1150. The standard InChI is InChI=1S/C21H24N4O4S/c1-29-16-9-5-8-14-17(16)23-21(28)25(19(14)27)15(12-13-6-3-2-4-7-13)18(26)24-20-22-10-11-30-20/h5,8-11,13,15H,2-4,6-7,12H2,1H3,(H,23,28)(H,22,24,26). The molecule has 158 valence electrons. The van der Waals surface area contributed by atoms with Gasteiger partial charge in [0.05, 0.1) is 18.0 Å². The van der Waals surface area contributed by atoms with E-state index < -0.39 is 23.2 Å². The molecule has 0 radical (unpaired) electrons. The van der Waals surface area contributed by atoms with Gasteiger partial charge in [0.25, 0.3) is 5.56 Å². The second-order valence-electron chi connectivity index (χ2n) is 7.57. The lowest BCUT2D eigenvalue weighted by molar-refractivity contribution is -0.120. The van der Waals surface area contributed by atoms with E-state index in [-0.39, 0.29) is 5.92 Å². The van der Waals surface area contributed by atoms with Gasteiger partial charge in [-0.05, 0) is 24.5 Å². The number of para-hydroxylation sites is 1. The minimum absolute atomic E-state index is 0.290. The van der Waals surface area contributed by atoms with Gasteiger partial charge in [-0.15, -0.1) is 11.3 Å². The van der Waals surface area contributed by atoms with Crippen LogP contribution >= 0.6 is 11.3 Å². The highest BCUT2D eigenvalue weighted by molar-refractivity contribution is 7.13. The smallest absolute Gasteiger partial charge is 0.329 e. The highest BCUT2D eigenvalue weighted by atomic mass is 32.1. The number of fused-ring (bicyclic) bond motifs is 1. The van der Waals surface area contributed by atoms with Crippen molar-refractivity contribution in [1.82, 2.24) is 14.5 Å². The number of hydrogen-bond donors (Lipinski definition) is 2. The molecule has 1 aliphatic carbocycles. The Hall–Kier alpha value is -2.94. The van der Waals surface area contributed by atoms with E-state index in [1.807, 2.05) is 0 Å². The topological polar surface area (TPSA) is 106 Å². The number of nitrogens with zero attached hydrogens (tertiary/aromatic N) is 2. The number of rotatable bonds is 6. The van der Waals surface area contributed by atoms with Gasteiger partial charge in [-0.1, -0.05) is 38.2 Å². The summed E-state index contributed by atoms with van der Waals surface area (Å²) < 4.78 is 6.33. The Morgan fingerprint density at radius 3 is 2.83 bits per heavy atom. The number of aromatic nitrogens is 3. The zero-order chi connectivity index (χ0) is 21.1. The normalized spacial score (nSPS) is 15.8. The van der Waals surface area contributed by atoms with Crippen molar-refractivity contribution in [3.05, 3.63) is 50.6 Å². The van der Waals surface area contributed by atoms with Gasteiger partial charge < -0.3 is 15.0 Å². The summed E-state index contributed by atoms with van der Waals surface area (Å²) in [5.74, 6) is 0.299. The lowest BCUT2D eigenvalue weighted by atomic mass is 9.84. The first-order valence-corrected chi connectivity index (χ1v) is 11.0. The molecule has 4 rings (SSSR count). The minimum Gasteiger partial charge on any atom is -0.495 e. The minimum atomic E-state index is -0.913. The number of carbonyl (C=O) groups excluding carboxylic acids is 1. The van der Waals surface area contributed by atoms with Gasteiger partial charge in [0.1, 0.15) is 11.8 Å². The predicted octanol–water partition coefficient (Wildman–Crippen LogP) is 3.31. The number of methoxy groups -OCH3 is 1. The first kappa shape index (κ1) is 20.3. The summed E-state index contributed by atoms with van der Waals surface area (Å²) in [5.41, 5.74) is -0.780. The van der Waals surface area contributed by atoms with Crippen LogP contribution in [0, 0.1) is 5.92 Å². The van der Waals surface area contributed by atoms with E-state index in [4.69, 9.17) is 4.74 Å². The van der Waals surface area contributed by atoms with Gasteiger partial charge in [0.15, 0.2) is 5.13 Å². The van der Waals surface area contributed by atoms with Crippen molar-refractivity contribution in [2.75, 3.05) is 12.4 Å².